The van der Waals surface area contributed by atoms with Crippen LogP contribution in [0.1, 0.15) is 30.1 Å². The number of esters is 1. The molecule has 0 spiro atoms. The first kappa shape index (κ1) is 21.2. The lowest BCUT2D eigenvalue weighted by atomic mass is 10.2. The zero-order valence-electron chi connectivity index (χ0n) is 16.4. The van der Waals surface area contributed by atoms with Crippen LogP contribution in [0.15, 0.2) is 53.4 Å². The van der Waals surface area contributed by atoms with E-state index in [9.17, 15) is 9.59 Å². The minimum atomic E-state index is -0.520. The second-order valence-corrected chi connectivity index (χ2v) is 7.56. The molecule has 0 radical (unpaired) electrons. The highest BCUT2D eigenvalue weighted by Crippen LogP contribution is 2.27. The molecule has 154 valence electrons. The highest BCUT2D eigenvalue weighted by Gasteiger charge is 2.19. The number of carbonyl (C=O) groups excluding carboxylic acids is 2. The van der Waals surface area contributed by atoms with Gasteiger partial charge in [0.05, 0.1) is 24.0 Å². The van der Waals surface area contributed by atoms with Crippen molar-refractivity contribution < 1.29 is 23.8 Å². The first-order valence-corrected chi connectivity index (χ1v) is 10.7. The Morgan fingerprint density at radius 2 is 1.97 bits per heavy atom. The van der Waals surface area contributed by atoms with Gasteiger partial charge < -0.3 is 19.5 Å². The first-order valence-electron chi connectivity index (χ1n) is 9.69. The largest absolute Gasteiger partial charge is 0.492 e. The fraction of sp³-hybridized carbons (Fsp3) is 0.364. The number of hydrogen-bond donors (Lipinski definition) is 1. The molecule has 0 bridgehead atoms. The average Bonchev–Trinajstić information content (AvgIpc) is 3.26. The van der Waals surface area contributed by atoms with Crippen molar-refractivity contribution in [1.82, 2.24) is 0 Å². The predicted octanol–water partition coefficient (Wildman–Crippen LogP) is 4.15. The zero-order chi connectivity index (χ0) is 20.5. The van der Waals surface area contributed by atoms with Crippen molar-refractivity contribution in [3.05, 3.63) is 54.1 Å². The third-order valence-corrected chi connectivity index (χ3v) is 5.56. The van der Waals surface area contributed by atoms with E-state index in [1.54, 1.807) is 42.1 Å². The normalized spacial score (nSPS) is 15.7. The van der Waals surface area contributed by atoms with E-state index in [2.05, 4.69) is 5.32 Å². The molecule has 2 aromatic rings. The van der Waals surface area contributed by atoms with Crippen LogP contribution in [-0.2, 0) is 14.3 Å². The summed E-state index contributed by atoms with van der Waals surface area (Å²) in [6, 6.07) is 14.4. The van der Waals surface area contributed by atoms with E-state index >= 15 is 0 Å². The molecule has 1 N–H and O–H groups in total. The quantitative estimate of drug-likeness (QED) is 0.490. The molecule has 0 unspecified atom stereocenters. The summed E-state index contributed by atoms with van der Waals surface area (Å²) in [7, 11) is 0. The third kappa shape index (κ3) is 6.24. The number of rotatable bonds is 9. The highest BCUT2D eigenvalue weighted by atomic mass is 32.2. The standard InChI is InChI=1S/C22H25NO5S/c1-2-26-19-11-5-4-10-18(19)23-21(24)14-28-22(25)17-9-3-6-12-20(17)29-15-16-8-7-13-27-16/h3-6,9-12,16H,2,7-8,13-15H2,1H3,(H,23,24)/t16-/m1/s1. The lowest BCUT2D eigenvalue weighted by Gasteiger charge is -2.13. The number of anilines is 1. The van der Waals surface area contributed by atoms with E-state index in [-0.39, 0.29) is 12.7 Å². The van der Waals surface area contributed by atoms with Gasteiger partial charge in [0, 0.05) is 17.3 Å². The molecule has 1 aliphatic rings. The fourth-order valence-corrected chi connectivity index (χ4v) is 4.08. The molecule has 1 amide bonds. The Morgan fingerprint density at radius 1 is 1.17 bits per heavy atom. The maximum absolute atomic E-state index is 12.5. The molecule has 1 heterocycles. The number of amides is 1. The summed E-state index contributed by atoms with van der Waals surface area (Å²) < 4.78 is 16.4. The van der Waals surface area contributed by atoms with Crippen molar-refractivity contribution in [2.75, 3.05) is 30.9 Å². The van der Waals surface area contributed by atoms with E-state index in [1.165, 1.54) is 0 Å². The van der Waals surface area contributed by atoms with Gasteiger partial charge in [0.1, 0.15) is 5.75 Å². The second-order valence-electron chi connectivity index (χ2n) is 6.50. The van der Waals surface area contributed by atoms with Gasteiger partial charge in [-0.3, -0.25) is 4.79 Å². The summed E-state index contributed by atoms with van der Waals surface area (Å²) >= 11 is 1.57. The minimum Gasteiger partial charge on any atom is -0.492 e. The molecule has 0 aromatic heterocycles. The van der Waals surface area contributed by atoms with Gasteiger partial charge >= 0.3 is 5.97 Å². The molecule has 0 aliphatic carbocycles. The van der Waals surface area contributed by atoms with Crippen molar-refractivity contribution in [3.63, 3.8) is 0 Å². The van der Waals surface area contributed by atoms with E-state index in [0.717, 1.165) is 30.1 Å². The fourth-order valence-electron chi connectivity index (χ4n) is 2.97. The maximum Gasteiger partial charge on any atom is 0.339 e. The summed E-state index contributed by atoms with van der Waals surface area (Å²) in [4.78, 5) is 25.6. The summed E-state index contributed by atoms with van der Waals surface area (Å²) in [6.07, 6.45) is 2.35. The summed E-state index contributed by atoms with van der Waals surface area (Å²) in [5, 5.41) is 2.72. The molecule has 1 saturated heterocycles. The van der Waals surface area contributed by atoms with Gasteiger partial charge in [-0.2, -0.15) is 0 Å². The molecule has 29 heavy (non-hydrogen) atoms. The molecule has 6 nitrogen and oxygen atoms in total. The smallest absolute Gasteiger partial charge is 0.339 e. The van der Waals surface area contributed by atoms with Crippen molar-refractivity contribution in [2.45, 2.75) is 30.8 Å². The van der Waals surface area contributed by atoms with Gasteiger partial charge in [-0.1, -0.05) is 24.3 Å². The Bertz CT molecular complexity index is 835. The van der Waals surface area contributed by atoms with Crippen LogP contribution in [0.25, 0.3) is 0 Å². The van der Waals surface area contributed by atoms with Crippen LogP contribution in [-0.4, -0.2) is 43.6 Å². The Morgan fingerprint density at radius 3 is 2.76 bits per heavy atom. The molecule has 1 aliphatic heterocycles. The van der Waals surface area contributed by atoms with Crippen LogP contribution in [0.4, 0.5) is 5.69 Å². The Kier molecular flexibility index (Phi) is 7.95. The van der Waals surface area contributed by atoms with Crippen LogP contribution >= 0.6 is 11.8 Å². The topological polar surface area (TPSA) is 73.9 Å². The maximum atomic E-state index is 12.5. The van der Waals surface area contributed by atoms with E-state index in [1.807, 2.05) is 25.1 Å². The number of para-hydroxylation sites is 2. The highest BCUT2D eigenvalue weighted by molar-refractivity contribution is 7.99. The average molecular weight is 416 g/mol. The van der Waals surface area contributed by atoms with Crippen molar-refractivity contribution in [3.8, 4) is 5.75 Å². The molecule has 2 aromatic carbocycles. The number of nitrogens with one attached hydrogen (secondary N) is 1. The van der Waals surface area contributed by atoms with Gasteiger partial charge in [0.15, 0.2) is 6.61 Å². The minimum absolute atomic E-state index is 0.222. The van der Waals surface area contributed by atoms with Gasteiger partial charge in [-0.15, -0.1) is 11.8 Å². The van der Waals surface area contributed by atoms with Gasteiger partial charge in [0.2, 0.25) is 0 Å². The van der Waals surface area contributed by atoms with E-state index in [4.69, 9.17) is 14.2 Å². The van der Waals surface area contributed by atoms with Gasteiger partial charge in [-0.05, 0) is 44.0 Å². The van der Waals surface area contributed by atoms with Crippen molar-refractivity contribution in [1.29, 1.82) is 0 Å². The molecule has 1 atom stereocenters. The predicted molar refractivity (Wildman–Crippen MR) is 113 cm³/mol. The van der Waals surface area contributed by atoms with Gasteiger partial charge in [0.25, 0.3) is 5.91 Å². The lowest BCUT2D eigenvalue weighted by Crippen LogP contribution is -2.21. The summed E-state index contributed by atoms with van der Waals surface area (Å²) in [5.74, 6) is 0.424. The SMILES string of the molecule is CCOc1ccccc1NC(=O)COC(=O)c1ccccc1SC[C@H]1CCCO1. The van der Waals surface area contributed by atoms with E-state index < -0.39 is 11.9 Å². The van der Waals surface area contributed by atoms with Crippen LogP contribution in [0, 0.1) is 0 Å². The van der Waals surface area contributed by atoms with Crippen molar-refractivity contribution >= 4 is 29.3 Å². The van der Waals surface area contributed by atoms with Crippen LogP contribution in [0.5, 0.6) is 5.75 Å². The number of benzene rings is 2. The van der Waals surface area contributed by atoms with Crippen LogP contribution in [0.3, 0.4) is 0 Å². The molecule has 3 rings (SSSR count). The molecular formula is C22H25NO5S. The first-order chi connectivity index (χ1) is 14.2. The van der Waals surface area contributed by atoms with Crippen LogP contribution < -0.4 is 10.1 Å². The number of carbonyl (C=O) groups is 2. The summed E-state index contributed by atoms with van der Waals surface area (Å²) in [5.41, 5.74) is 1.00. The second kappa shape index (κ2) is 10.9. The Labute approximate surface area is 174 Å². The molecule has 0 saturated carbocycles. The van der Waals surface area contributed by atoms with Gasteiger partial charge in [-0.25, -0.2) is 4.79 Å². The lowest BCUT2D eigenvalue weighted by molar-refractivity contribution is -0.119. The number of hydrogen-bond acceptors (Lipinski definition) is 6. The zero-order valence-corrected chi connectivity index (χ0v) is 17.2. The van der Waals surface area contributed by atoms with Crippen LogP contribution in [0.2, 0.25) is 0 Å². The summed E-state index contributed by atoms with van der Waals surface area (Å²) in [6.45, 7) is 2.79. The molecule has 7 heteroatoms. The molecule has 1 fully saturated rings. The Balaban J connectivity index is 1.54. The number of ether oxygens (including phenoxy) is 3. The third-order valence-electron chi connectivity index (χ3n) is 4.35. The monoisotopic (exact) mass is 415 g/mol. The molecular weight excluding hydrogens is 390 g/mol. The Hall–Kier alpha value is -2.51. The number of thioether (sulfide) groups is 1. The van der Waals surface area contributed by atoms with Crippen molar-refractivity contribution in [2.24, 2.45) is 0 Å². The van der Waals surface area contributed by atoms with E-state index in [0.29, 0.717) is 23.6 Å².